The lowest BCUT2D eigenvalue weighted by Crippen LogP contribution is -2.71. The highest BCUT2D eigenvalue weighted by atomic mass is 16.8. The molecule has 220 valence electrons. The molecule has 0 radical (unpaired) electrons. The molecule has 0 bridgehead atoms. The zero-order chi connectivity index (χ0) is 28.4. The molecule has 3 aliphatic heterocycles. The van der Waals surface area contributed by atoms with E-state index >= 15 is 0 Å². The van der Waals surface area contributed by atoms with E-state index in [-0.39, 0.29) is 35.3 Å². The number of epoxide rings is 1. The van der Waals surface area contributed by atoms with Crippen LogP contribution >= 0.6 is 0 Å². The number of rotatable bonds is 12. The van der Waals surface area contributed by atoms with Gasteiger partial charge in [-0.2, -0.15) is 5.06 Å². The van der Waals surface area contributed by atoms with E-state index in [2.05, 4.69) is 70.9 Å². The summed E-state index contributed by atoms with van der Waals surface area (Å²) in [4.78, 5) is 6.89. The van der Waals surface area contributed by atoms with Gasteiger partial charge in [0.15, 0.2) is 5.79 Å². The van der Waals surface area contributed by atoms with Crippen molar-refractivity contribution in [3.05, 3.63) is 65.7 Å². The van der Waals surface area contributed by atoms with Gasteiger partial charge in [0.05, 0.1) is 32.0 Å². The van der Waals surface area contributed by atoms with Crippen LogP contribution in [0, 0.1) is 5.92 Å². The average molecular weight is 554 g/mol. The number of hydrogen-bond donors (Lipinski definition) is 0. The van der Waals surface area contributed by atoms with E-state index in [1.807, 2.05) is 30.3 Å². The summed E-state index contributed by atoms with van der Waals surface area (Å²) in [5.74, 6) is 0.259. The quantitative estimate of drug-likeness (QED) is 0.279. The Morgan fingerprint density at radius 3 is 2.33 bits per heavy atom. The van der Waals surface area contributed by atoms with Crippen molar-refractivity contribution >= 4 is 0 Å². The monoisotopic (exact) mass is 553 g/mol. The molecule has 0 aliphatic carbocycles. The van der Waals surface area contributed by atoms with Crippen molar-refractivity contribution in [2.45, 2.75) is 103 Å². The van der Waals surface area contributed by atoms with E-state index in [4.69, 9.17) is 28.5 Å². The number of hydrogen-bond acceptors (Lipinski definition) is 7. The third-order valence-corrected chi connectivity index (χ3v) is 9.40. The lowest BCUT2D eigenvalue weighted by Gasteiger charge is -2.62. The Morgan fingerprint density at radius 1 is 0.950 bits per heavy atom. The molecular formula is C33H47NO6. The van der Waals surface area contributed by atoms with Crippen molar-refractivity contribution in [1.82, 2.24) is 5.06 Å². The first-order valence-electron chi connectivity index (χ1n) is 15.0. The van der Waals surface area contributed by atoms with Crippen LogP contribution in [0.3, 0.4) is 0 Å². The second-order valence-corrected chi connectivity index (χ2v) is 12.2. The fraction of sp³-hybridized carbons (Fsp3) is 0.636. The van der Waals surface area contributed by atoms with Crippen molar-refractivity contribution in [3.8, 4) is 5.75 Å². The van der Waals surface area contributed by atoms with Crippen molar-refractivity contribution < 1.29 is 28.5 Å². The fourth-order valence-corrected chi connectivity index (χ4v) is 6.26. The first kappa shape index (κ1) is 29.5. The molecule has 0 aromatic heterocycles. The highest BCUT2D eigenvalue weighted by molar-refractivity contribution is 5.28. The first-order valence-corrected chi connectivity index (χ1v) is 15.0. The molecule has 3 fully saturated rings. The molecule has 7 nitrogen and oxygen atoms in total. The summed E-state index contributed by atoms with van der Waals surface area (Å²) in [5, 5.41) is 2.28. The number of nitrogens with zero attached hydrogens (tertiary/aromatic N) is 1. The maximum atomic E-state index is 6.89. The fourth-order valence-electron chi connectivity index (χ4n) is 6.26. The van der Waals surface area contributed by atoms with Gasteiger partial charge in [0.2, 0.25) is 0 Å². The van der Waals surface area contributed by atoms with Crippen LogP contribution in [0.15, 0.2) is 54.6 Å². The third kappa shape index (κ3) is 6.10. The Kier molecular flexibility index (Phi) is 8.91. The molecule has 7 unspecified atom stereocenters. The summed E-state index contributed by atoms with van der Waals surface area (Å²) in [5.41, 5.74) is 1.70. The summed E-state index contributed by atoms with van der Waals surface area (Å²) in [6.07, 6.45) is 2.56. The largest absolute Gasteiger partial charge is 0.491 e. The van der Waals surface area contributed by atoms with Crippen molar-refractivity contribution in [2.24, 2.45) is 5.92 Å². The molecule has 3 saturated heterocycles. The van der Waals surface area contributed by atoms with Crippen molar-refractivity contribution in [2.75, 3.05) is 26.4 Å². The smallest absolute Gasteiger partial charge is 0.175 e. The van der Waals surface area contributed by atoms with Crippen molar-refractivity contribution in [1.29, 1.82) is 0 Å². The summed E-state index contributed by atoms with van der Waals surface area (Å²) in [7, 11) is 0. The molecule has 1 spiro atoms. The summed E-state index contributed by atoms with van der Waals surface area (Å²) in [6, 6.07) is 18.5. The number of ether oxygens (including phenoxy) is 5. The van der Waals surface area contributed by atoms with Crippen LogP contribution in [-0.4, -0.2) is 60.6 Å². The molecule has 7 atom stereocenters. The molecule has 5 rings (SSSR count). The predicted octanol–water partition coefficient (Wildman–Crippen LogP) is 6.46. The van der Waals surface area contributed by atoms with Gasteiger partial charge >= 0.3 is 0 Å². The lowest BCUT2D eigenvalue weighted by molar-refractivity contribution is -0.380. The van der Waals surface area contributed by atoms with E-state index in [0.717, 1.165) is 42.7 Å². The summed E-state index contributed by atoms with van der Waals surface area (Å²) < 4.78 is 30.5. The van der Waals surface area contributed by atoms with Gasteiger partial charge in [-0.25, -0.2) is 0 Å². The van der Waals surface area contributed by atoms with Crippen LogP contribution in [0.1, 0.15) is 78.0 Å². The SMILES string of the molecule is CCC1(C)CC2(OCC(COCc3ccccc3)O2)C(C)C(C)(CC)N1OC(C)c1ccc(OCC2CO2)cc1. The molecule has 3 aliphatic rings. The van der Waals surface area contributed by atoms with Crippen LogP contribution in [0.2, 0.25) is 0 Å². The van der Waals surface area contributed by atoms with Crippen LogP contribution in [0.4, 0.5) is 0 Å². The number of hydroxylamine groups is 2. The molecule has 40 heavy (non-hydrogen) atoms. The minimum absolute atomic E-state index is 0.0800. The van der Waals surface area contributed by atoms with Crippen LogP contribution in [0.5, 0.6) is 5.75 Å². The van der Waals surface area contributed by atoms with E-state index in [1.165, 1.54) is 0 Å². The summed E-state index contributed by atoms with van der Waals surface area (Å²) >= 11 is 0. The molecule has 0 N–H and O–H groups in total. The zero-order valence-electron chi connectivity index (χ0n) is 25.1. The van der Waals surface area contributed by atoms with Gasteiger partial charge in [0.25, 0.3) is 0 Å². The average Bonchev–Trinajstić information content (AvgIpc) is 3.73. The van der Waals surface area contributed by atoms with E-state index in [1.54, 1.807) is 0 Å². The van der Waals surface area contributed by atoms with Crippen LogP contribution < -0.4 is 4.74 Å². The van der Waals surface area contributed by atoms with Crippen LogP contribution in [-0.2, 0) is 30.4 Å². The molecule has 2 aromatic carbocycles. The Labute approximate surface area is 240 Å². The van der Waals surface area contributed by atoms with Gasteiger partial charge in [-0.05, 0) is 56.9 Å². The van der Waals surface area contributed by atoms with Gasteiger partial charge in [-0.3, -0.25) is 4.84 Å². The maximum Gasteiger partial charge on any atom is 0.175 e. The first-order chi connectivity index (χ1) is 19.2. The van der Waals surface area contributed by atoms with E-state index in [9.17, 15) is 0 Å². The molecule has 2 aromatic rings. The van der Waals surface area contributed by atoms with E-state index in [0.29, 0.717) is 26.4 Å². The highest BCUT2D eigenvalue weighted by Gasteiger charge is 2.64. The van der Waals surface area contributed by atoms with Gasteiger partial charge in [-0.1, -0.05) is 63.2 Å². The zero-order valence-corrected chi connectivity index (χ0v) is 25.1. The topological polar surface area (TPSA) is 61.9 Å². The Balaban J connectivity index is 1.26. The molecule has 0 saturated carbocycles. The minimum Gasteiger partial charge on any atom is -0.491 e. The van der Waals surface area contributed by atoms with Gasteiger partial charge < -0.3 is 23.7 Å². The molecular weight excluding hydrogens is 506 g/mol. The minimum atomic E-state index is -0.677. The third-order valence-electron chi connectivity index (χ3n) is 9.40. The van der Waals surface area contributed by atoms with Gasteiger partial charge in [0, 0.05) is 17.9 Å². The van der Waals surface area contributed by atoms with Gasteiger partial charge in [-0.15, -0.1) is 0 Å². The number of piperidine rings is 1. The predicted molar refractivity (Wildman–Crippen MR) is 154 cm³/mol. The second-order valence-electron chi connectivity index (χ2n) is 12.2. The summed E-state index contributed by atoms with van der Waals surface area (Å²) in [6.45, 7) is 16.4. The highest BCUT2D eigenvalue weighted by Crippen LogP contribution is 2.54. The second kappa shape index (κ2) is 12.1. The number of benzene rings is 2. The normalized spacial score (nSPS) is 34.7. The Morgan fingerprint density at radius 2 is 1.68 bits per heavy atom. The van der Waals surface area contributed by atoms with E-state index < -0.39 is 5.79 Å². The Hall–Kier alpha value is -2.00. The molecule has 7 heteroatoms. The lowest BCUT2D eigenvalue weighted by atomic mass is 9.67. The maximum absolute atomic E-state index is 6.89. The Bertz CT molecular complexity index is 1090. The molecule has 3 heterocycles. The van der Waals surface area contributed by atoms with Crippen molar-refractivity contribution in [3.63, 3.8) is 0 Å². The molecule has 0 amide bonds. The standard InChI is InChI=1S/C33H47NO6/c1-7-31(5)23-33(38-22-30(39-33)19-35-18-26-12-10-9-11-13-26)25(4)32(6,8-2)34(31)40-24(3)27-14-16-28(17-15-27)36-20-29-21-37-29/h9-17,24-25,29-30H,7-8,18-23H2,1-6H3. The van der Waals surface area contributed by atoms with Gasteiger partial charge in [0.1, 0.15) is 30.7 Å². The van der Waals surface area contributed by atoms with Crippen LogP contribution in [0.25, 0.3) is 0 Å².